The summed E-state index contributed by atoms with van der Waals surface area (Å²) in [5.41, 5.74) is 2.18. The molecule has 156 valence electrons. The third-order valence-electron chi connectivity index (χ3n) is 5.62. The fourth-order valence-corrected chi connectivity index (χ4v) is 3.93. The van der Waals surface area contributed by atoms with E-state index < -0.39 is 0 Å². The molecule has 0 saturated carbocycles. The number of rotatable bonds is 4. The van der Waals surface area contributed by atoms with Gasteiger partial charge in [0, 0.05) is 30.3 Å². The van der Waals surface area contributed by atoms with Crippen LogP contribution >= 0.6 is 0 Å². The van der Waals surface area contributed by atoms with E-state index in [1.807, 2.05) is 36.4 Å². The Morgan fingerprint density at radius 3 is 2.55 bits per heavy atom. The molecule has 3 heterocycles. The van der Waals surface area contributed by atoms with Gasteiger partial charge in [-0.2, -0.15) is 0 Å². The van der Waals surface area contributed by atoms with Crippen molar-refractivity contribution in [2.75, 3.05) is 13.1 Å². The molecule has 0 bridgehead atoms. The third-order valence-corrected chi connectivity index (χ3v) is 5.62. The van der Waals surface area contributed by atoms with E-state index in [1.165, 1.54) is 6.26 Å². The topological polar surface area (TPSA) is 88.6 Å². The highest BCUT2D eigenvalue weighted by molar-refractivity contribution is 6.01. The molecule has 0 atom stereocenters. The molecule has 1 N–H and O–H groups in total. The van der Waals surface area contributed by atoms with Crippen LogP contribution in [0.25, 0.3) is 22.2 Å². The van der Waals surface area contributed by atoms with Crippen LogP contribution in [0.5, 0.6) is 0 Å². The number of piperidine rings is 1. The first-order valence-electron chi connectivity index (χ1n) is 10.3. The van der Waals surface area contributed by atoms with Crippen molar-refractivity contribution in [3.63, 3.8) is 0 Å². The molecule has 0 radical (unpaired) electrons. The molecule has 1 aliphatic rings. The zero-order valence-electron chi connectivity index (χ0n) is 16.8. The summed E-state index contributed by atoms with van der Waals surface area (Å²) in [6, 6.07) is 18.5. The predicted molar refractivity (Wildman–Crippen MR) is 115 cm³/mol. The number of nitrogens with zero attached hydrogens (tertiary/aromatic N) is 2. The monoisotopic (exact) mass is 415 g/mol. The zero-order chi connectivity index (χ0) is 21.2. The highest BCUT2D eigenvalue weighted by Gasteiger charge is 2.26. The van der Waals surface area contributed by atoms with Crippen molar-refractivity contribution in [1.29, 1.82) is 0 Å². The Balaban J connectivity index is 1.26. The van der Waals surface area contributed by atoms with Crippen molar-refractivity contribution < 1.29 is 18.5 Å². The smallest absolute Gasteiger partial charge is 0.289 e. The lowest BCUT2D eigenvalue weighted by Crippen LogP contribution is -2.46. The summed E-state index contributed by atoms with van der Waals surface area (Å²) in [6.07, 6.45) is 2.89. The van der Waals surface area contributed by atoms with Gasteiger partial charge >= 0.3 is 0 Å². The second-order valence-electron chi connectivity index (χ2n) is 7.63. The molecule has 7 heteroatoms. The lowest BCUT2D eigenvalue weighted by molar-refractivity contribution is 0.0667. The van der Waals surface area contributed by atoms with E-state index in [0.717, 1.165) is 10.9 Å². The first-order chi connectivity index (χ1) is 15.2. The molecule has 0 unspecified atom stereocenters. The minimum absolute atomic E-state index is 0.0138. The van der Waals surface area contributed by atoms with Crippen molar-refractivity contribution in [1.82, 2.24) is 15.4 Å². The molecular weight excluding hydrogens is 394 g/mol. The van der Waals surface area contributed by atoms with Crippen molar-refractivity contribution in [2.45, 2.75) is 18.9 Å². The van der Waals surface area contributed by atoms with Crippen molar-refractivity contribution in [3.8, 4) is 11.3 Å². The quantitative estimate of drug-likeness (QED) is 0.542. The van der Waals surface area contributed by atoms with Crippen LogP contribution in [-0.4, -0.2) is 41.0 Å². The number of benzene rings is 2. The van der Waals surface area contributed by atoms with Gasteiger partial charge in [-0.3, -0.25) is 9.59 Å². The van der Waals surface area contributed by atoms with Gasteiger partial charge in [0.1, 0.15) is 5.52 Å². The van der Waals surface area contributed by atoms with Crippen LogP contribution in [0, 0.1) is 0 Å². The number of carbonyl (C=O) groups excluding carboxylic acids is 2. The molecule has 1 aliphatic heterocycles. The molecule has 31 heavy (non-hydrogen) atoms. The summed E-state index contributed by atoms with van der Waals surface area (Å²) in [4.78, 5) is 27.0. The van der Waals surface area contributed by atoms with Gasteiger partial charge in [0.25, 0.3) is 11.8 Å². The second-order valence-corrected chi connectivity index (χ2v) is 7.63. The average Bonchev–Trinajstić information content (AvgIpc) is 3.49. The van der Waals surface area contributed by atoms with Crippen LogP contribution in [0.2, 0.25) is 0 Å². The minimum atomic E-state index is -0.141. The number of carbonyl (C=O) groups is 2. The third kappa shape index (κ3) is 3.82. The summed E-state index contributed by atoms with van der Waals surface area (Å²) in [6.45, 7) is 1.15. The summed E-state index contributed by atoms with van der Waals surface area (Å²) in [5.74, 6) is 0.743. The number of aromatic nitrogens is 1. The van der Waals surface area contributed by atoms with Crippen LogP contribution in [0.1, 0.15) is 33.8 Å². The number of nitrogens with one attached hydrogen (secondary N) is 1. The molecule has 2 amide bonds. The molecule has 2 aromatic heterocycles. The molecule has 5 rings (SSSR count). The van der Waals surface area contributed by atoms with E-state index in [1.54, 1.807) is 29.2 Å². The maximum absolute atomic E-state index is 12.9. The standard InChI is InChI=1S/C24H21N3O4/c28-23(25-18-10-12-27(13-11-18)24(29)21-7-4-14-30-21)17-8-9-20-19(15-17)22(31-26-20)16-5-2-1-3-6-16/h1-9,14-15,18H,10-13H2,(H,25,28). The van der Waals surface area contributed by atoms with Gasteiger partial charge in [-0.05, 0) is 43.2 Å². The highest BCUT2D eigenvalue weighted by atomic mass is 16.5. The van der Waals surface area contributed by atoms with E-state index in [-0.39, 0.29) is 17.9 Å². The fraction of sp³-hybridized carbons (Fsp3) is 0.208. The van der Waals surface area contributed by atoms with Gasteiger partial charge in [-0.1, -0.05) is 35.5 Å². The van der Waals surface area contributed by atoms with Gasteiger partial charge in [-0.25, -0.2) is 0 Å². The molecule has 4 aromatic rings. The molecular formula is C24H21N3O4. The summed E-state index contributed by atoms with van der Waals surface area (Å²) < 4.78 is 10.7. The number of furan rings is 1. The van der Waals surface area contributed by atoms with Gasteiger partial charge < -0.3 is 19.2 Å². The molecule has 0 aliphatic carbocycles. The maximum Gasteiger partial charge on any atom is 0.289 e. The van der Waals surface area contributed by atoms with Crippen molar-refractivity contribution >= 4 is 22.7 Å². The zero-order valence-corrected chi connectivity index (χ0v) is 16.8. The first-order valence-corrected chi connectivity index (χ1v) is 10.3. The Morgan fingerprint density at radius 2 is 1.81 bits per heavy atom. The van der Waals surface area contributed by atoms with Crippen molar-refractivity contribution in [3.05, 3.63) is 78.3 Å². The predicted octanol–water partition coefficient (Wildman–Crippen LogP) is 4.12. The second kappa shape index (κ2) is 8.10. The van der Waals surface area contributed by atoms with Crippen LogP contribution in [0.3, 0.4) is 0 Å². The summed E-state index contributed by atoms with van der Waals surface area (Å²) in [7, 11) is 0. The van der Waals surface area contributed by atoms with E-state index in [4.69, 9.17) is 8.94 Å². The van der Waals surface area contributed by atoms with Crippen LogP contribution in [-0.2, 0) is 0 Å². The Kier molecular flexibility index (Phi) is 5.00. The van der Waals surface area contributed by atoms with E-state index in [9.17, 15) is 9.59 Å². The Bertz CT molecular complexity index is 1210. The Morgan fingerprint density at radius 1 is 1.00 bits per heavy atom. The van der Waals surface area contributed by atoms with Crippen molar-refractivity contribution in [2.24, 2.45) is 0 Å². The molecule has 0 spiro atoms. The van der Waals surface area contributed by atoms with E-state index in [0.29, 0.717) is 48.5 Å². The van der Waals surface area contributed by atoms with Crippen LogP contribution in [0.4, 0.5) is 0 Å². The molecule has 1 fully saturated rings. The SMILES string of the molecule is O=C(NC1CCN(C(=O)c2ccco2)CC1)c1ccc2noc(-c3ccccc3)c2c1. The number of hydrogen-bond donors (Lipinski definition) is 1. The van der Waals surface area contributed by atoms with E-state index in [2.05, 4.69) is 10.5 Å². The minimum Gasteiger partial charge on any atom is -0.459 e. The van der Waals surface area contributed by atoms with Gasteiger partial charge in [0.2, 0.25) is 0 Å². The van der Waals surface area contributed by atoms with Gasteiger partial charge in [-0.15, -0.1) is 0 Å². The van der Waals surface area contributed by atoms with Crippen LogP contribution in [0.15, 0.2) is 75.9 Å². The Labute approximate surface area is 178 Å². The molecule has 2 aromatic carbocycles. The normalized spacial score (nSPS) is 14.6. The van der Waals surface area contributed by atoms with Gasteiger partial charge in [0.05, 0.1) is 11.6 Å². The number of hydrogen-bond acceptors (Lipinski definition) is 5. The Hall–Kier alpha value is -3.87. The molecule has 7 nitrogen and oxygen atoms in total. The lowest BCUT2D eigenvalue weighted by Gasteiger charge is -2.31. The number of fused-ring (bicyclic) bond motifs is 1. The molecule has 1 saturated heterocycles. The maximum atomic E-state index is 12.9. The summed E-state index contributed by atoms with van der Waals surface area (Å²) >= 11 is 0. The largest absolute Gasteiger partial charge is 0.459 e. The highest BCUT2D eigenvalue weighted by Crippen LogP contribution is 2.29. The van der Waals surface area contributed by atoms with Gasteiger partial charge in [0.15, 0.2) is 11.5 Å². The lowest BCUT2D eigenvalue weighted by atomic mass is 10.0. The fourth-order valence-electron chi connectivity index (χ4n) is 3.93. The number of amides is 2. The first kappa shape index (κ1) is 19.1. The van der Waals surface area contributed by atoms with E-state index >= 15 is 0 Å². The number of likely N-dealkylation sites (tertiary alicyclic amines) is 1. The van der Waals surface area contributed by atoms with Crippen LogP contribution < -0.4 is 5.32 Å². The summed E-state index contributed by atoms with van der Waals surface area (Å²) in [5, 5.41) is 8.00. The average molecular weight is 415 g/mol.